The molecule has 7 heteroatoms. The van der Waals surface area contributed by atoms with Gasteiger partial charge in [0.2, 0.25) is 0 Å². The highest BCUT2D eigenvalue weighted by molar-refractivity contribution is 6.14. The Kier molecular flexibility index (Phi) is 4.30. The molecule has 0 bridgehead atoms. The van der Waals surface area contributed by atoms with E-state index < -0.39 is 5.97 Å². The van der Waals surface area contributed by atoms with Crippen LogP contribution in [0.5, 0.6) is 11.5 Å². The third-order valence-electron chi connectivity index (χ3n) is 3.78. The first-order valence-corrected chi connectivity index (χ1v) is 7.42. The Morgan fingerprint density at radius 2 is 1.72 bits per heavy atom. The monoisotopic (exact) mass is 340 g/mol. The van der Waals surface area contributed by atoms with Crippen molar-refractivity contribution < 1.29 is 24.2 Å². The predicted molar refractivity (Wildman–Crippen MR) is 93.2 cm³/mol. The van der Waals surface area contributed by atoms with Crippen molar-refractivity contribution in [2.75, 3.05) is 24.9 Å². The molecular weight excluding hydrogens is 324 g/mol. The van der Waals surface area contributed by atoms with Gasteiger partial charge in [0.1, 0.15) is 11.3 Å². The molecular formula is C18H16N2O5. The second-order valence-corrected chi connectivity index (χ2v) is 5.25. The molecule has 0 saturated heterocycles. The van der Waals surface area contributed by atoms with Crippen LogP contribution in [0.15, 0.2) is 42.1 Å². The number of carboxylic acid groups (broad SMARTS) is 1. The lowest BCUT2D eigenvalue weighted by Crippen LogP contribution is -2.25. The largest absolute Gasteiger partial charge is 0.493 e. The Morgan fingerprint density at radius 3 is 2.32 bits per heavy atom. The average molecular weight is 340 g/mol. The SMILES string of the molecule is COc1ccc(/C=C2\Nc3ccccc3NC2=O)c(C(=O)O)c1OC. The fourth-order valence-electron chi connectivity index (χ4n) is 2.63. The Hall–Kier alpha value is -3.48. The molecule has 1 aliphatic rings. The molecule has 0 aromatic heterocycles. The molecule has 2 aromatic rings. The fraction of sp³-hybridized carbons (Fsp3) is 0.111. The lowest BCUT2D eigenvalue weighted by atomic mass is 10.0. The van der Waals surface area contributed by atoms with Crippen LogP contribution in [-0.4, -0.2) is 31.2 Å². The fourth-order valence-corrected chi connectivity index (χ4v) is 2.63. The van der Waals surface area contributed by atoms with Crippen LogP contribution >= 0.6 is 0 Å². The topological polar surface area (TPSA) is 96.9 Å². The van der Waals surface area contributed by atoms with Crippen LogP contribution in [-0.2, 0) is 4.79 Å². The van der Waals surface area contributed by atoms with Gasteiger partial charge in [0, 0.05) is 0 Å². The number of ether oxygens (including phenoxy) is 2. The van der Waals surface area contributed by atoms with Crippen molar-refractivity contribution in [2.24, 2.45) is 0 Å². The number of para-hydroxylation sites is 2. The maximum absolute atomic E-state index is 12.3. The average Bonchev–Trinajstić information content (AvgIpc) is 2.61. The van der Waals surface area contributed by atoms with E-state index in [1.807, 2.05) is 18.2 Å². The summed E-state index contributed by atoms with van der Waals surface area (Å²) in [6.45, 7) is 0. The molecule has 1 aliphatic heterocycles. The molecule has 128 valence electrons. The van der Waals surface area contributed by atoms with Gasteiger partial charge in [-0.05, 0) is 29.8 Å². The molecule has 25 heavy (non-hydrogen) atoms. The van der Waals surface area contributed by atoms with Crippen molar-refractivity contribution >= 4 is 29.3 Å². The summed E-state index contributed by atoms with van der Waals surface area (Å²) in [5.41, 5.74) is 1.86. The van der Waals surface area contributed by atoms with Crippen LogP contribution in [0.4, 0.5) is 11.4 Å². The van der Waals surface area contributed by atoms with Gasteiger partial charge in [0.15, 0.2) is 11.5 Å². The van der Waals surface area contributed by atoms with Crippen molar-refractivity contribution in [3.63, 3.8) is 0 Å². The molecule has 3 N–H and O–H groups in total. The number of anilines is 2. The summed E-state index contributed by atoms with van der Waals surface area (Å²) in [5.74, 6) is -1.14. The first-order chi connectivity index (χ1) is 12.0. The van der Waals surface area contributed by atoms with E-state index in [1.165, 1.54) is 20.3 Å². The number of fused-ring (bicyclic) bond motifs is 1. The van der Waals surface area contributed by atoms with Crippen molar-refractivity contribution in [3.05, 3.63) is 53.2 Å². The Bertz CT molecular complexity index is 889. The Morgan fingerprint density at radius 1 is 1.04 bits per heavy atom. The summed E-state index contributed by atoms with van der Waals surface area (Å²) in [6.07, 6.45) is 1.47. The van der Waals surface area contributed by atoms with Crippen LogP contribution < -0.4 is 20.1 Å². The molecule has 0 fully saturated rings. The summed E-state index contributed by atoms with van der Waals surface area (Å²) in [4.78, 5) is 24.0. The first kappa shape index (κ1) is 16.4. The van der Waals surface area contributed by atoms with Gasteiger partial charge >= 0.3 is 5.97 Å². The van der Waals surface area contributed by atoms with Crippen LogP contribution in [0.3, 0.4) is 0 Å². The first-order valence-electron chi connectivity index (χ1n) is 7.42. The van der Waals surface area contributed by atoms with Gasteiger partial charge in [-0.2, -0.15) is 0 Å². The number of carboxylic acids is 1. The third kappa shape index (κ3) is 2.99. The van der Waals surface area contributed by atoms with Gasteiger partial charge in [-0.3, -0.25) is 4.79 Å². The van der Waals surface area contributed by atoms with E-state index >= 15 is 0 Å². The second kappa shape index (κ2) is 6.56. The predicted octanol–water partition coefficient (Wildman–Crippen LogP) is 2.81. The zero-order chi connectivity index (χ0) is 18.0. The van der Waals surface area contributed by atoms with Crippen molar-refractivity contribution in [3.8, 4) is 11.5 Å². The highest BCUT2D eigenvalue weighted by atomic mass is 16.5. The molecule has 0 saturated carbocycles. The molecule has 3 rings (SSSR count). The summed E-state index contributed by atoms with van der Waals surface area (Å²) >= 11 is 0. The molecule has 0 radical (unpaired) electrons. The summed E-state index contributed by atoms with van der Waals surface area (Å²) < 4.78 is 10.3. The molecule has 0 atom stereocenters. The molecule has 0 spiro atoms. The van der Waals surface area contributed by atoms with Gasteiger partial charge in [0.05, 0.1) is 25.6 Å². The van der Waals surface area contributed by atoms with E-state index in [2.05, 4.69) is 10.6 Å². The zero-order valence-electron chi connectivity index (χ0n) is 13.6. The van der Waals surface area contributed by atoms with E-state index in [9.17, 15) is 14.7 Å². The molecule has 7 nitrogen and oxygen atoms in total. The van der Waals surface area contributed by atoms with E-state index in [0.29, 0.717) is 17.0 Å². The molecule has 2 aromatic carbocycles. The van der Waals surface area contributed by atoms with Crippen LogP contribution in [0.1, 0.15) is 15.9 Å². The number of carbonyl (C=O) groups is 2. The van der Waals surface area contributed by atoms with Gasteiger partial charge in [0.25, 0.3) is 5.91 Å². The van der Waals surface area contributed by atoms with E-state index in [-0.39, 0.29) is 22.9 Å². The number of benzene rings is 2. The molecule has 0 aliphatic carbocycles. The lowest BCUT2D eigenvalue weighted by molar-refractivity contribution is -0.112. The van der Waals surface area contributed by atoms with Crippen LogP contribution in [0.25, 0.3) is 6.08 Å². The number of carbonyl (C=O) groups excluding carboxylic acids is 1. The number of methoxy groups -OCH3 is 2. The lowest BCUT2D eigenvalue weighted by Gasteiger charge is -2.21. The number of hydrogen-bond donors (Lipinski definition) is 3. The zero-order valence-corrected chi connectivity index (χ0v) is 13.6. The van der Waals surface area contributed by atoms with Gasteiger partial charge in [-0.25, -0.2) is 4.79 Å². The standard InChI is InChI=1S/C18H16N2O5/c1-24-14-8-7-10(15(18(22)23)16(14)25-2)9-13-17(21)20-12-6-4-3-5-11(12)19-13/h3-9,19H,1-2H3,(H,20,21)(H,22,23)/b13-9-. The van der Waals surface area contributed by atoms with E-state index in [4.69, 9.17) is 9.47 Å². The maximum Gasteiger partial charge on any atom is 0.340 e. The number of nitrogens with one attached hydrogen (secondary N) is 2. The van der Waals surface area contributed by atoms with Gasteiger partial charge in [-0.1, -0.05) is 18.2 Å². The van der Waals surface area contributed by atoms with Crippen molar-refractivity contribution in [1.29, 1.82) is 0 Å². The van der Waals surface area contributed by atoms with Gasteiger partial charge < -0.3 is 25.2 Å². The number of amides is 1. The van der Waals surface area contributed by atoms with E-state index in [1.54, 1.807) is 18.2 Å². The van der Waals surface area contributed by atoms with Crippen LogP contribution in [0.2, 0.25) is 0 Å². The second-order valence-electron chi connectivity index (χ2n) is 5.25. The maximum atomic E-state index is 12.3. The normalized spacial score (nSPS) is 14.3. The van der Waals surface area contributed by atoms with Gasteiger partial charge in [-0.15, -0.1) is 0 Å². The Balaban J connectivity index is 2.10. The number of aromatic carboxylic acids is 1. The minimum absolute atomic E-state index is 0.0807. The number of rotatable bonds is 4. The highest BCUT2D eigenvalue weighted by Crippen LogP contribution is 2.35. The minimum Gasteiger partial charge on any atom is -0.493 e. The highest BCUT2D eigenvalue weighted by Gasteiger charge is 2.23. The van der Waals surface area contributed by atoms with E-state index in [0.717, 1.165) is 5.69 Å². The summed E-state index contributed by atoms with van der Waals surface area (Å²) in [7, 11) is 2.79. The minimum atomic E-state index is -1.18. The number of hydrogen-bond acceptors (Lipinski definition) is 5. The molecule has 0 unspecified atom stereocenters. The summed E-state index contributed by atoms with van der Waals surface area (Å²) in [6, 6.07) is 10.4. The summed E-state index contributed by atoms with van der Waals surface area (Å²) in [5, 5.41) is 15.3. The van der Waals surface area contributed by atoms with Crippen molar-refractivity contribution in [1.82, 2.24) is 0 Å². The van der Waals surface area contributed by atoms with Crippen LogP contribution in [0, 0.1) is 0 Å². The Labute approximate surface area is 143 Å². The quantitative estimate of drug-likeness (QED) is 0.741. The third-order valence-corrected chi connectivity index (χ3v) is 3.78. The van der Waals surface area contributed by atoms with Crippen molar-refractivity contribution in [2.45, 2.75) is 0 Å². The smallest absolute Gasteiger partial charge is 0.340 e. The molecule has 1 amide bonds. The molecule has 1 heterocycles.